The van der Waals surface area contributed by atoms with Crippen LogP contribution < -0.4 is 5.73 Å². The number of carbonyl (C=O) groups excluding carboxylic acids is 1. The predicted octanol–water partition coefficient (Wildman–Crippen LogP) is 2.60. The molecule has 2 aromatic heterocycles. The Morgan fingerprint density at radius 3 is 2.70 bits per heavy atom. The highest BCUT2D eigenvalue weighted by atomic mass is 35.5. The van der Waals surface area contributed by atoms with E-state index in [1.165, 1.54) is 18.5 Å². The fraction of sp³-hybridized carbons (Fsp3) is 0.167. The number of rotatable bonds is 3. The number of anilines is 1. The van der Waals surface area contributed by atoms with Crippen LogP contribution in [0.15, 0.2) is 18.5 Å². The fourth-order valence-corrected chi connectivity index (χ4v) is 1.92. The summed E-state index contributed by atoms with van der Waals surface area (Å²) in [6, 6.07) is 1.52. The van der Waals surface area contributed by atoms with Gasteiger partial charge in [0, 0.05) is 12.4 Å². The first-order valence-electron chi connectivity index (χ1n) is 5.64. The average molecular weight is 313 g/mol. The summed E-state index contributed by atoms with van der Waals surface area (Å²) in [5.74, 6) is -0.370. The highest BCUT2D eigenvalue weighted by molar-refractivity contribution is 6.35. The van der Waals surface area contributed by atoms with Gasteiger partial charge < -0.3 is 10.5 Å². The van der Waals surface area contributed by atoms with Gasteiger partial charge in [0.15, 0.2) is 5.82 Å². The molecule has 0 aliphatic carbocycles. The molecule has 104 valence electrons. The van der Waals surface area contributed by atoms with Crippen molar-refractivity contribution in [2.45, 2.75) is 6.92 Å². The number of aromatic nitrogens is 3. The Morgan fingerprint density at radius 2 is 2.10 bits per heavy atom. The van der Waals surface area contributed by atoms with Gasteiger partial charge in [0.2, 0.25) is 0 Å². The van der Waals surface area contributed by atoms with E-state index in [4.69, 9.17) is 33.7 Å². The quantitative estimate of drug-likeness (QED) is 0.876. The Hall–Kier alpha value is -1.92. The predicted molar refractivity (Wildman–Crippen MR) is 75.7 cm³/mol. The summed E-state index contributed by atoms with van der Waals surface area (Å²) in [6.45, 7) is 1.94. The van der Waals surface area contributed by atoms with Gasteiger partial charge in [-0.3, -0.25) is 0 Å². The molecule has 8 heteroatoms. The number of pyridine rings is 1. The van der Waals surface area contributed by atoms with Crippen molar-refractivity contribution in [2.24, 2.45) is 0 Å². The van der Waals surface area contributed by atoms with E-state index in [9.17, 15) is 4.79 Å². The third-order valence-electron chi connectivity index (χ3n) is 2.33. The lowest BCUT2D eigenvalue weighted by Gasteiger charge is -2.06. The van der Waals surface area contributed by atoms with Gasteiger partial charge in [0.05, 0.1) is 16.7 Å². The number of nitrogens with two attached hydrogens (primary N) is 1. The number of halogens is 2. The van der Waals surface area contributed by atoms with E-state index in [-0.39, 0.29) is 23.8 Å². The highest BCUT2D eigenvalue weighted by Gasteiger charge is 2.16. The molecule has 0 atom stereocenters. The number of hydrogen-bond donors (Lipinski definition) is 1. The largest absolute Gasteiger partial charge is 0.462 e. The van der Waals surface area contributed by atoms with Crippen LogP contribution in [0.1, 0.15) is 17.3 Å². The maximum absolute atomic E-state index is 11.6. The van der Waals surface area contributed by atoms with Crippen LogP contribution in [-0.4, -0.2) is 27.5 Å². The summed E-state index contributed by atoms with van der Waals surface area (Å²) in [5, 5.41) is 0.690. The molecule has 0 saturated heterocycles. The first kappa shape index (κ1) is 14.5. The molecule has 0 radical (unpaired) electrons. The molecule has 6 nitrogen and oxygen atoms in total. The van der Waals surface area contributed by atoms with Crippen LogP contribution in [0.4, 0.5) is 5.82 Å². The van der Waals surface area contributed by atoms with E-state index >= 15 is 0 Å². The van der Waals surface area contributed by atoms with E-state index in [0.717, 1.165) is 0 Å². The van der Waals surface area contributed by atoms with Gasteiger partial charge in [0.25, 0.3) is 0 Å². The average Bonchev–Trinajstić information content (AvgIpc) is 2.38. The molecule has 20 heavy (non-hydrogen) atoms. The number of ether oxygens (including phenoxy) is 1. The van der Waals surface area contributed by atoms with Crippen molar-refractivity contribution in [3.05, 3.63) is 34.1 Å². The molecule has 0 aliphatic heterocycles. The molecule has 2 aromatic rings. The molecule has 0 bridgehead atoms. The van der Waals surface area contributed by atoms with Crippen molar-refractivity contribution in [2.75, 3.05) is 12.3 Å². The van der Waals surface area contributed by atoms with Crippen LogP contribution >= 0.6 is 23.2 Å². The standard InChI is InChI=1S/C12H10Cl2N4O2/c1-2-20-12(19)7-5-17-11(18-10(7)15)9-8(14)3-6(13)4-16-9/h3-5H,2H2,1H3,(H2,15,17,18). The smallest absolute Gasteiger partial charge is 0.343 e. The van der Waals surface area contributed by atoms with Crippen LogP contribution in [0.5, 0.6) is 0 Å². The summed E-state index contributed by atoms with van der Waals surface area (Å²) in [4.78, 5) is 23.7. The number of nitrogens with zero attached hydrogens (tertiary/aromatic N) is 3. The molecule has 0 saturated carbocycles. The zero-order chi connectivity index (χ0) is 14.7. The molecule has 0 amide bonds. The van der Waals surface area contributed by atoms with Gasteiger partial charge in [-0.1, -0.05) is 23.2 Å². The third-order valence-corrected chi connectivity index (χ3v) is 2.83. The molecular formula is C12H10Cl2N4O2. The Balaban J connectivity index is 2.40. The summed E-state index contributed by atoms with van der Waals surface area (Å²) < 4.78 is 4.84. The zero-order valence-electron chi connectivity index (χ0n) is 10.4. The second-order valence-corrected chi connectivity index (χ2v) is 4.54. The maximum Gasteiger partial charge on any atom is 0.343 e. The molecular weight excluding hydrogens is 303 g/mol. The Labute approximate surface area is 124 Å². The van der Waals surface area contributed by atoms with Crippen molar-refractivity contribution in [1.82, 2.24) is 15.0 Å². The summed E-state index contributed by atoms with van der Waals surface area (Å²) in [7, 11) is 0. The number of carbonyl (C=O) groups is 1. The Morgan fingerprint density at radius 1 is 1.35 bits per heavy atom. The van der Waals surface area contributed by atoms with Crippen molar-refractivity contribution in [1.29, 1.82) is 0 Å². The molecule has 2 rings (SSSR count). The van der Waals surface area contributed by atoms with Crippen LogP contribution in [0.3, 0.4) is 0 Å². The van der Waals surface area contributed by atoms with Crippen molar-refractivity contribution >= 4 is 35.0 Å². The second kappa shape index (κ2) is 6.02. The SMILES string of the molecule is CCOC(=O)c1cnc(-c2ncc(Cl)cc2Cl)nc1N. The lowest BCUT2D eigenvalue weighted by Crippen LogP contribution is -2.11. The maximum atomic E-state index is 11.6. The second-order valence-electron chi connectivity index (χ2n) is 3.70. The lowest BCUT2D eigenvalue weighted by atomic mass is 10.3. The topological polar surface area (TPSA) is 91.0 Å². The van der Waals surface area contributed by atoms with Crippen molar-refractivity contribution < 1.29 is 9.53 Å². The van der Waals surface area contributed by atoms with Gasteiger partial charge >= 0.3 is 5.97 Å². The molecule has 0 fully saturated rings. The van der Waals surface area contributed by atoms with Gasteiger partial charge in [-0.05, 0) is 13.0 Å². The third kappa shape index (κ3) is 2.97. The number of esters is 1. The fourth-order valence-electron chi connectivity index (χ4n) is 1.45. The first-order chi connectivity index (χ1) is 9.52. The normalized spacial score (nSPS) is 10.3. The lowest BCUT2D eigenvalue weighted by molar-refractivity contribution is 0.0527. The number of hydrogen-bond acceptors (Lipinski definition) is 6. The van der Waals surface area contributed by atoms with Gasteiger partial charge in [-0.25, -0.2) is 19.7 Å². The Kier molecular flexibility index (Phi) is 4.36. The monoisotopic (exact) mass is 312 g/mol. The van der Waals surface area contributed by atoms with Crippen LogP contribution in [0, 0.1) is 0 Å². The molecule has 0 spiro atoms. The van der Waals surface area contributed by atoms with Gasteiger partial charge in [-0.15, -0.1) is 0 Å². The van der Waals surface area contributed by atoms with Crippen molar-refractivity contribution in [3.8, 4) is 11.5 Å². The molecule has 2 N–H and O–H groups in total. The minimum atomic E-state index is -0.577. The molecule has 2 heterocycles. The minimum Gasteiger partial charge on any atom is -0.462 e. The first-order valence-corrected chi connectivity index (χ1v) is 6.39. The summed E-state index contributed by atoms with van der Waals surface area (Å²) >= 11 is 11.8. The van der Waals surface area contributed by atoms with Crippen LogP contribution in [-0.2, 0) is 4.74 Å². The number of nitrogen functional groups attached to an aromatic ring is 1. The van der Waals surface area contributed by atoms with E-state index in [1.807, 2.05) is 0 Å². The van der Waals surface area contributed by atoms with E-state index in [0.29, 0.717) is 15.7 Å². The van der Waals surface area contributed by atoms with Crippen LogP contribution in [0.25, 0.3) is 11.5 Å². The van der Waals surface area contributed by atoms with E-state index in [1.54, 1.807) is 6.92 Å². The molecule has 0 unspecified atom stereocenters. The minimum absolute atomic E-state index is 0.00117. The molecule has 0 aliphatic rings. The van der Waals surface area contributed by atoms with E-state index < -0.39 is 5.97 Å². The summed E-state index contributed by atoms with van der Waals surface area (Å²) in [6.07, 6.45) is 2.70. The van der Waals surface area contributed by atoms with Gasteiger partial charge in [-0.2, -0.15) is 0 Å². The van der Waals surface area contributed by atoms with Crippen molar-refractivity contribution in [3.63, 3.8) is 0 Å². The molecule has 0 aromatic carbocycles. The zero-order valence-corrected chi connectivity index (χ0v) is 11.9. The highest BCUT2D eigenvalue weighted by Crippen LogP contribution is 2.26. The summed E-state index contributed by atoms with van der Waals surface area (Å²) in [5.41, 5.74) is 6.15. The van der Waals surface area contributed by atoms with Gasteiger partial charge in [0.1, 0.15) is 17.1 Å². The van der Waals surface area contributed by atoms with Crippen LogP contribution in [0.2, 0.25) is 10.0 Å². The van der Waals surface area contributed by atoms with E-state index in [2.05, 4.69) is 15.0 Å². The Bertz CT molecular complexity index is 664.